The molecular formula is C30H54N8O5. The smallest absolute Gasteiger partial charge is 0.228 e. The maximum atomic E-state index is 5.69. The number of aromatic nitrogens is 4. The van der Waals surface area contributed by atoms with Crippen LogP contribution in [0.25, 0.3) is 11.0 Å². The second-order valence-corrected chi connectivity index (χ2v) is 10.7. The van der Waals surface area contributed by atoms with Crippen molar-refractivity contribution in [1.29, 1.82) is 0 Å². The van der Waals surface area contributed by atoms with E-state index in [1.807, 2.05) is 0 Å². The Morgan fingerprint density at radius 3 is 1.51 bits per heavy atom. The Kier molecular flexibility index (Phi) is 15.4. The molecule has 43 heavy (non-hydrogen) atoms. The molecule has 13 nitrogen and oxygen atoms in total. The molecule has 0 aromatic carbocycles. The first-order valence-corrected chi connectivity index (χ1v) is 15.6. The highest BCUT2D eigenvalue weighted by molar-refractivity contribution is 5.95. The normalized spacial score (nSPS) is 14.1. The van der Waals surface area contributed by atoms with Gasteiger partial charge in [-0.2, -0.15) is 9.97 Å². The molecule has 13 heteroatoms. The quantitative estimate of drug-likeness (QED) is 0.208. The van der Waals surface area contributed by atoms with Crippen LogP contribution in [0.1, 0.15) is 39.5 Å². The van der Waals surface area contributed by atoms with Crippen LogP contribution in [0.2, 0.25) is 0 Å². The fourth-order valence-electron chi connectivity index (χ4n) is 5.28. The second-order valence-electron chi connectivity index (χ2n) is 10.7. The molecule has 2 aromatic heterocycles. The molecule has 244 valence electrons. The van der Waals surface area contributed by atoms with Gasteiger partial charge in [-0.15, -0.1) is 0 Å². The molecule has 0 unspecified atom stereocenters. The van der Waals surface area contributed by atoms with Gasteiger partial charge in [-0.1, -0.05) is 13.8 Å². The summed E-state index contributed by atoms with van der Waals surface area (Å²) in [4.78, 5) is 29.7. The van der Waals surface area contributed by atoms with Gasteiger partial charge < -0.3 is 43.3 Å². The maximum absolute atomic E-state index is 5.69. The average Bonchev–Trinajstić information content (AvgIpc) is 3.04. The Hall–Kier alpha value is -2.58. The Bertz CT molecular complexity index is 1050. The lowest BCUT2D eigenvalue weighted by Gasteiger charge is -2.34. The zero-order valence-electron chi connectivity index (χ0n) is 27.5. The molecule has 0 spiro atoms. The van der Waals surface area contributed by atoms with Crippen LogP contribution in [0.3, 0.4) is 0 Å². The molecule has 0 radical (unpaired) electrons. The number of anilines is 4. The fraction of sp³-hybridized carbons (Fsp3) is 0.800. The van der Waals surface area contributed by atoms with Crippen molar-refractivity contribution in [2.24, 2.45) is 0 Å². The second kappa shape index (κ2) is 18.9. The Morgan fingerprint density at radius 1 is 0.605 bits per heavy atom. The minimum atomic E-state index is 0.243. The van der Waals surface area contributed by atoms with Gasteiger partial charge in [0.1, 0.15) is 11.0 Å². The highest BCUT2D eigenvalue weighted by Gasteiger charge is 2.28. The first-order valence-electron chi connectivity index (χ1n) is 15.6. The zero-order chi connectivity index (χ0) is 31.0. The number of ether oxygens (including phenoxy) is 5. The summed E-state index contributed by atoms with van der Waals surface area (Å²) in [5.74, 6) is 2.92. The fourth-order valence-corrected chi connectivity index (χ4v) is 5.28. The van der Waals surface area contributed by atoms with Crippen molar-refractivity contribution >= 4 is 34.6 Å². The summed E-state index contributed by atoms with van der Waals surface area (Å²) in [5, 5.41) is 0. The monoisotopic (exact) mass is 606 g/mol. The molecule has 0 saturated carbocycles. The van der Waals surface area contributed by atoms with E-state index in [1.54, 1.807) is 35.5 Å². The lowest BCUT2D eigenvalue weighted by molar-refractivity contribution is 0.0818. The highest BCUT2D eigenvalue weighted by Crippen LogP contribution is 2.34. The van der Waals surface area contributed by atoms with Crippen molar-refractivity contribution in [2.45, 2.75) is 45.6 Å². The molecule has 3 rings (SSSR count). The van der Waals surface area contributed by atoms with Gasteiger partial charge in [0.25, 0.3) is 0 Å². The van der Waals surface area contributed by atoms with Gasteiger partial charge >= 0.3 is 0 Å². The first-order chi connectivity index (χ1) is 21.0. The van der Waals surface area contributed by atoms with Crippen LogP contribution in [-0.2, 0) is 23.7 Å². The van der Waals surface area contributed by atoms with Crippen LogP contribution in [0.5, 0.6) is 0 Å². The van der Waals surface area contributed by atoms with E-state index in [0.29, 0.717) is 64.5 Å². The van der Waals surface area contributed by atoms with E-state index in [9.17, 15) is 0 Å². The van der Waals surface area contributed by atoms with E-state index in [4.69, 9.17) is 43.6 Å². The first kappa shape index (κ1) is 34.9. The molecule has 0 bridgehead atoms. The topological polar surface area (TPSA) is 111 Å². The zero-order valence-corrected chi connectivity index (χ0v) is 27.5. The van der Waals surface area contributed by atoms with Gasteiger partial charge in [0.15, 0.2) is 11.6 Å². The third-order valence-electron chi connectivity index (χ3n) is 7.67. The predicted molar refractivity (Wildman–Crippen MR) is 172 cm³/mol. The van der Waals surface area contributed by atoms with E-state index in [-0.39, 0.29) is 6.10 Å². The standard InChI is InChI=1S/C30H54N8O5/c1-8-12-35(13-9-2)27-25-26(32-29(33-27)37(16-20-39-3)17-21-40-4)28(36-14-10-24(43-7)11-15-36)34-30(31-25)38(18-22-41-5)19-23-42-6/h24H,8-23H2,1-7H3. The van der Waals surface area contributed by atoms with Crippen LogP contribution in [-0.4, -0.2) is 140 Å². The van der Waals surface area contributed by atoms with Gasteiger partial charge in [-0.25, -0.2) is 9.97 Å². The van der Waals surface area contributed by atoms with E-state index in [1.165, 1.54) is 0 Å². The summed E-state index contributed by atoms with van der Waals surface area (Å²) in [5.41, 5.74) is 1.52. The average molecular weight is 607 g/mol. The molecular weight excluding hydrogens is 552 g/mol. The summed E-state index contributed by atoms with van der Waals surface area (Å²) >= 11 is 0. The SMILES string of the molecule is CCCN(CCC)c1nc(N(CCOC)CCOC)nc2c(N3CCC(OC)CC3)nc(N(CCOC)CCOC)nc12. The number of piperidine rings is 1. The number of fused-ring (bicyclic) bond motifs is 1. The molecule has 0 atom stereocenters. The van der Waals surface area contributed by atoms with Gasteiger partial charge in [-0.3, -0.25) is 0 Å². The third kappa shape index (κ3) is 9.70. The molecule has 1 aliphatic rings. The van der Waals surface area contributed by atoms with Crippen molar-refractivity contribution in [3.8, 4) is 0 Å². The third-order valence-corrected chi connectivity index (χ3v) is 7.67. The van der Waals surface area contributed by atoms with Crippen LogP contribution in [0.4, 0.5) is 23.5 Å². The number of rotatable bonds is 21. The molecule has 1 aliphatic heterocycles. The summed E-state index contributed by atoms with van der Waals surface area (Å²) in [6.45, 7) is 12.5. The Morgan fingerprint density at radius 2 is 1.07 bits per heavy atom. The summed E-state index contributed by atoms with van der Waals surface area (Å²) in [6.07, 6.45) is 4.06. The molecule has 0 amide bonds. The van der Waals surface area contributed by atoms with E-state index in [2.05, 4.69) is 33.4 Å². The minimum Gasteiger partial charge on any atom is -0.383 e. The van der Waals surface area contributed by atoms with Crippen LogP contribution >= 0.6 is 0 Å². The van der Waals surface area contributed by atoms with Gasteiger partial charge in [-0.05, 0) is 25.7 Å². The predicted octanol–water partition coefficient (Wildman–Crippen LogP) is 2.86. The molecule has 1 fully saturated rings. The van der Waals surface area contributed by atoms with Gasteiger partial charge in [0.05, 0.1) is 32.5 Å². The Labute approximate surface area is 257 Å². The summed E-state index contributed by atoms with van der Waals surface area (Å²) in [6, 6.07) is 0. The van der Waals surface area contributed by atoms with Crippen molar-refractivity contribution in [2.75, 3.05) is 134 Å². The van der Waals surface area contributed by atoms with E-state index < -0.39 is 0 Å². The maximum Gasteiger partial charge on any atom is 0.228 e. The molecule has 2 aromatic rings. The van der Waals surface area contributed by atoms with Gasteiger partial charge in [0.2, 0.25) is 11.9 Å². The number of nitrogens with zero attached hydrogens (tertiary/aromatic N) is 8. The van der Waals surface area contributed by atoms with E-state index >= 15 is 0 Å². The highest BCUT2D eigenvalue weighted by atomic mass is 16.5. The molecule has 0 aliphatic carbocycles. The van der Waals surface area contributed by atoms with E-state index in [0.717, 1.165) is 74.5 Å². The van der Waals surface area contributed by atoms with Gasteiger partial charge in [0, 0.05) is 87.9 Å². The summed E-state index contributed by atoms with van der Waals surface area (Å²) < 4.78 is 27.5. The van der Waals surface area contributed by atoms with Crippen LogP contribution < -0.4 is 19.6 Å². The molecule has 1 saturated heterocycles. The lowest BCUT2D eigenvalue weighted by atomic mass is 10.1. The summed E-state index contributed by atoms with van der Waals surface area (Å²) in [7, 11) is 8.63. The lowest BCUT2D eigenvalue weighted by Crippen LogP contribution is -2.39. The largest absolute Gasteiger partial charge is 0.383 e. The minimum absolute atomic E-state index is 0.243. The number of hydrogen-bond donors (Lipinski definition) is 0. The number of hydrogen-bond acceptors (Lipinski definition) is 13. The van der Waals surface area contributed by atoms with Crippen molar-refractivity contribution in [3.05, 3.63) is 0 Å². The van der Waals surface area contributed by atoms with Crippen LogP contribution in [0, 0.1) is 0 Å². The molecule has 0 N–H and O–H groups in total. The Balaban J connectivity index is 2.30. The van der Waals surface area contributed by atoms with Crippen molar-refractivity contribution < 1.29 is 23.7 Å². The number of methoxy groups -OCH3 is 5. The molecule has 3 heterocycles. The van der Waals surface area contributed by atoms with Crippen molar-refractivity contribution in [3.63, 3.8) is 0 Å². The van der Waals surface area contributed by atoms with Crippen LogP contribution in [0.15, 0.2) is 0 Å². The van der Waals surface area contributed by atoms with Crippen molar-refractivity contribution in [1.82, 2.24) is 19.9 Å².